The molecule has 0 amide bonds. The molecule has 2 rings (SSSR count). The van der Waals surface area contributed by atoms with E-state index >= 15 is 0 Å². The van der Waals surface area contributed by atoms with Crippen molar-refractivity contribution in [1.82, 2.24) is 9.97 Å². The van der Waals surface area contributed by atoms with Gasteiger partial charge in [0.15, 0.2) is 0 Å². The second-order valence-corrected chi connectivity index (χ2v) is 4.47. The summed E-state index contributed by atoms with van der Waals surface area (Å²) in [6.07, 6.45) is 0. The summed E-state index contributed by atoms with van der Waals surface area (Å²) in [4.78, 5) is 6.25. The van der Waals surface area contributed by atoms with Crippen molar-refractivity contribution >= 4 is 21.2 Å². The Morgan fingerprint density at radius 1 is 1.50 bits per heavy atom. The predicted molar refractivity (Wildman–Crippen MR) is 57.1 cm³/mol. The molecule has 2 N–H and O–H groups in total. The number of fused-ring (bicyclic) bond motifs is 1. The number of aromatic amines is 1. The molecule has 0 atom stereocenters. The smallest absolute Gasteiger partial charge is 0.328 e. The lowest BCUT2D eigenvalue weighted by Gasteiger charge is -2.00. The van der Waals surface area contributed by atoms with Crippen LogP contribution in [0.25, 0.3) is 11.0 Å². The van der Waals surface area contributed by atoms with E-state index in [9.17, 15) is 8.42 Å². The maximum atomic E-state index is 10.8. The van der Waals surface area contributed by atoms with Gasteiger partial charge >= 0.3 is 10.1 Å². The zero-order valence-corrected chi connectivity index (χ0v) is 9.28. The first-order chi connectivity index (χ1) is 7.50. The minimum absolute atomic E-state index is 0.429. The summed E-state index contributed by atoms with van der Waals surface area (Å²) in [5, 5.41) is -0.462. The first kappa shape index (κ1) is 10.9. The fourth-order valence-electron chi connectivity index (χ4n) is 1.34. The molecular formula is C9H10N2O4S. The molecule has 6 nitrogen and oxygen atoms in total. The number of H-pyrrole nitrogens is 1. The van der Waals surface area contributed by atoms with Crippen LogP contribution in [0.1, 0.15) is 6.92 Å². The summed E-state index contributed by atoms with van der Waals surface area (Å²) < 4.78 is 35.7. The fourth-order valence-corrected chi connectivity index (χ4v) is 1.79. The molecule has 0 radical (unpaired) electrons. The number of benzene rings is 1. The van der Waals surface area contributed by atoms with E-state index in [2.05, 4.69) is 9.97 Å². The topological polar surface area (TPSA) is 92.3 Å². The zero-order chi connectivity index (χ0) is 11.8. The molecule has 1 aromatic heterocycles. The molecule has 0 bridgehead atoms. The van der Waals surface area contributed by atoms with Gasteiger partial charge in [0.2, 0.25) is 0 Å². The zero-order valence-electron chi connectivity index (χ0n) is 8.47. The summed E-state index contributed by atoms with van der Waals surface area (Å²) in [7, 11) is -4.30. The van der Waals surface area contributed by atoms with Gasteiger partial charge in [-0.2, -0.15) is 8.42 Å². The SMILES string of the molecule is CCOc1ccc2[nH]c(S(=O)(=O)O)nc2c1. The van der Waals surface area contributed by atoms with Crippen LogP contribution >= 0.6 is 0 Å². The van der Waals surface area contributed by atoms with Gasteiger partial charge in [0.25, 0.3) is 5.16 Å². The van der Waals surface area contributed by atoms with Gasteiger partial charge in [-0.1, -0.05) is 0 Å². The number of nitrogens with one attached hydrogen (secondary N) is 1. The molecule has 86 valence electrons. The summed E-state index contributed by atoms with van der Waals surface area (Å²) in [6.45, 7) is 2.36. The third-order valence-electron chi connectivity index (χ3n) is 1.99. The number of aromatic nitrogens is 2. The minimum atomic E-state index is -4.30. The Hall–Kier alpha value is -1.60. The van der Waals surface area contributed by atoms with E-state index in [0.29, 0.717) is 23.4 Å². The average molecular weight is 242 g/mol. The first-order valence-corrected chi connectivity index (χ1v) is 6.05. The second-order valence-electron chi connectivity index (χ2n) is 3.13. The summed E-state index contributed by atoms with van der Waals surface area (Å²) >= 11 is 0. The van der Waals surface area contributed by atoms with Crippen molar-refractivity contribution in [1.29, 1.82) is 0 Å². The van der Waals surface area contributed by atoms with Crippen LogP contribution in [-0.4, -0.2) is 29.5 Å². The molecule has 0 fully saturated rings. The van der Waals surface area contributed by atoms with E-state index in [1.165, 1.54) is 0 Å². The summed E-state index contributed by atoms with van der Waals surface area (Å²) in [5.41, 5.74) is 0.953. The summed E-state index contributed by atoms with van der Waals surface area (Å²) in [5.74, 6) is 0.600. The number of hydrogen-bond donors (Lipinski definition) is 2. The van der Waals surface area contributed by atoms with Crippen LogP contribution in [0.15, 0.2) is 23.4 Å². The maximum Gasteiger partial charge on any atom is 0.328 e. The quantitative estimate of drug-likeness (QED) is 0.789. The standard InChI is InChI=1S/C9H10N2O4S/c1-2-15-6-3-4-7-8(5-6)11-9(10-7)16(12,13)14/h3-5H,2H2,1H3,(H,10,11)(H,12,13,14). The predicted octanol–water partition coefficient (Wildman–Crippen LogP) is 1.21. The van der Waals surface area contributed by atoms with Crippen LogP contribution < -0.4 is 4.74 Å². The van der Waals surface area contributed by atoms with Crippen molar-refractivity contribution in [2.75, 3.05) is 6.61 Å². The van der Waals surface area contributed by atoms with Crippen molar-refractivity contribution in [3.05, 3.63) is 18.2 Å². The number of hydrogen-bond acceptors (Lipinski definition) is 4. The van der Waals surface area contributed by atoms with Gasteiger partial charge in [0.1, 0.15) is 5.75 Å². The maximum absolute atomic E-state index is 10.8. The van der Waals surface area contributed by atoms with Crippen molar-refractivity contribution < 1.29 is 17.7 Å². The second kappa shape index (κ2) is 3.76. The van der Waals surface area contributed by atoms with Crippen LogP contribution in [0.4, 0.5) is 0 Å². The van der Waals surface area contributed by atoms with E-state index in [1.54, 1.807) is 18.2 Å². The Balaban J connectivity index is 2.54. The van der Waals surface area contributed by atoms with Crippen molar-refractivity contribution in [3.63, 3.8) is 0 Å². The highest BCUT2D eigenvalue weighted by molar-refractivity contribution is 7.85. The molecule has 0 aliphatic carbocycles. The van der Waals surface area contributed by atoms with Crippen molar-refractivity contribution in [2.24, 2.45) is 0 Å². The van der Waals surface area contributed by atoms with Gasteiger partial charge in [-0.3, -0.25) is 4.55 Å². The van der Waals surface area contributed by atoms with Gasteiger partial charge in [0, 0.05) is 6.07 Å². The van der Waals surface area contributed by atoms with Crippen LogP contribution in [0.2, 0.25) is 0 Å². The Kier molecular flexibility index (Phi) is 2.56. The van der Waals surface area contributed by atoms with E-state index in [1.807, 2.05) is 6.92 Å². The molecule has 7 heteroatoms. The molecule has 0 saturated carbocycles. The lowest BCUT2D eigenvalue weighted by atomic mass is 10.3. The highest BCUT2D eigenvalue weighted by Crippen LogP contribution is 2.20. The third-order valence-corrected chi connectivity index (χ3v) is 2.67. The highest BCUT2D eigenvalue weighted by atomic mass is 32.2. The van der Waals surface area contributed by atoms with E-state index in [0.717, 1.165) is 0 Å². The molecular weight excluding hydrogens is 232 g/mol. The Bertz CT molecular complexity index is 617. The van der Waals surface area contributed by atoms with Crippen LogP contribution in [0.3, 0.4) is 0 Å². The van der Waals surface area contributed by atoms with Gasteiger partial charge in [-0.05, 0) is 19.1 Å². The van der Waals surface area contributed by atoms with Crippen LogP contribution in [-0.2, 0) is 10.1 Å². The summed E-state index contributed by atoms with van der Waals surface area (Å²) in [6, 6.07) is 4.93. The van der Waals surface area contributed by atoms with Gasteiger partial charge in [-0.15, -0.1) is 0 Å². The Labute approximate surface area is 92.0 Å². The molecule has 0 aliphatic heterocycles. The van der Waals surface area contributed by atoms with Crippen LogP contribution in [0.5, 0.6) is 5.75 Å². The van der Waals surface area contributed by atoms with E-state index in [-0.39, 0.29) is 0 Å². The molecule has 0 aliphatic rings. The van der Waals surface area contributed by atoms with Gasteiger partial charge < -0.3 is 9.72 Å². The van der Waals surface area contributed by atoms with E-state index in [4.69, 9.17) is 9.29 Å². The monoisotopic (exact) mass is 242 g/mol. The van der Waals surface area contributed by atoms with Gasteiger partial charge in [0.05, 0.1) is 17.6 Å². The normalized spacial score (nSPS) is 11.9. The number of nitrogens with zero attached hydrogens (tertiary/aromatic N) is 1. The molecule has 0 spiro atoms. The number of rotatable bonds is 3. The van der Waals surface area contributed by atoms with Gasteiger partial charge in [-0.25, -0.2) is 4.98 Å². The fraction of sp³-hybridized carbons (Fsp3) is 0.222. The lowest BCUT2D eigenvalue weighted by Crippen LogP contribution is -1.99. The van der Waals surface area contributed by atoms with Crippen molar-refractivity contribution in [2.45, 2.75) is 12.1 Å². The minimum Gasteiger partial charge on any atom is -0.494 e. The Morgan fingerprint density at radius 2 is 2.25 bits per heavy atom. The van der Waals surface area contributed by atoms with Crippen LogP contribution in [0, 0.1) is 0 Å². The van der Waals surface area contributed by atoms with Crippen molar-refractivity contribution in [3.8, 4) is 5.75 Å². The molecule has 2 aromatic rings. The Morgan fingerprint density at radius 3 is 2.88 bits per heavy atom. The van der Waals surface area contributed by atoms with E-state index < -0.39 is 15.3 Å². The lowest BCUT2D eigenvalue weighted by molar-refractivity contribution is 0.340. The first-order valence-electron chi connectivity index (χ1n) is 4.61. The molecule has 1 aromatic carbocycles. The number of imidazole rings is 1. The molecule has 0 unspecified atom stereocenters. The third kappa shape index (κ3) is 2.00. The molecule has 16 heavy (non-hydrogen) atoms. The largest absolute Gasteiger partial charge is 0.494 e. The molecule has 1 heterocycles. The average Bonchev–Trinajstić information content (AvgIpc) is 2.60. The highest BCUT2D eigenvalue weighted by Gasteiger charge is 2.15. The number of ether oxygens (including phenoxy) is 1. The molecule has 0 saturated heterocycles.